The first-order valence-corrected chi connectivity index (χ1v) is 8.35. The average molecular weight is 295 g/mol. The summed E-state index contributed by atoms with van der Waals surface area (Å²) in [6.45, 7) is 3.68. The topological polar surface area (TPSA) is 71.5 Å². The second kappa shape index (κ2) is 5.36. The van der Waals surface area contributed by atoms with Gasteiger partial charge in [0.05, 0.1) is 17.0 Å². The van der Waals surface area contributed by atoms with E-state index in [1.165, 1.54) is 4.90 Å². The summed E-state index contributed by atoms with van der Waals surface area (Å²) in [5.41, 5.74) is 1.88. The maximum absolute atomic E-state index is 12.0. The van der Waals surface area contributed by atoms with Crippen molar-refractivity contribution in [1.29, 1.82) is 0 Å². The number of hydrogen-bond donors (Lipinski definition) is 0. The lowest BCUT2D eigenvalue weighted by Crippen LogP contribution is -2.32. The standard InChI is InChI=1S/C14H17NO4S/c1-3-20(18,19)9-5-8-15-12-10(2)6-4-7-11(12)13(16)14(15)17/h4,6-7H,3,5,8-9H2,1-2H3. The Bertz CT molecular complexity index is 664. The normalized spacial score (nSPS) is 14.8. The van der Waals surface area contributed by atoms with Gasteiger partial charge in [0.25, 0.3) is 11.7 Å². The van der Waals surface area contributed by atoms with Gasteiger partial charge in [-0.25, -0.2) is 8.42 Å². The summed E-state index contributed by atoms with van der Waals surface area (Å²) >= 11 is 0. The lowest BCUT2D eigenvalue weighted by atomic mass is 10.1. The number of rotatable bonds is 5. The molecule has 108 valence electrons. The van der Waals surface area contributed by atoms with Crippen LogP contribution in [0.5, 0.6) is 0 Å². The number of ketones is 1. The number of aryl methyl sites for hydroxylation is 1. The molecule has 0 saturated heterocycles. The summed E-state index contributed by atoms with van der Waals surface area (Å²) in [4.78, 5) is 25.2. The van der Waals surface area contributed by atoms with Gasteiger partial charge in [-0.2, -0.15) is 0 Å². The van der Waals surface area contributed by atoms with E-state index in [0.717, 1.165) is 5.56 Å². The molecule has 1 aromatic carbocycles. The minimum Gasteiger partial charge on any atom is -0.304 e. The third kappa shape index (κ3) is 2.60. The molecule has 0 fully saturated rings. The van der Waals surface area contributed by atoms with Crippen LogP contribution in [-0.4, -0.2) is 38.2 Å². The van der Waals surface area contributed by atoms with Crippen molar-refractivity contribution < 1.29 is 18.0 Å². The fourth-order valence-corrected chi connectivity index (χ4v) is 3.20. The van der Waals surface area contributed by atoms with E-state index in [9.17, 15) is 18.0 Å². The monoisotopic (exact) mass is 295 g/mol. The van der Waals surface area contributed by atoms with E-state index in [1.807, 2.05) is 13.0 Å². The first kappa shape index (κ1) is 14.7. The van der Waals surface area contributed by atoms with Crippen LogP contribution in [0, 0.1) is 6.92 Å². The lowest BCUT2D eigenvalue weighted by Gasteiger charge is -2.18. The van der Waals surface area contributed by atoms with Crippen molar-refractivity contribution in [2.75, 3.05) is 23.0 Å². The number of fused-ring (bicyclic) bond motifs is 1. The average Bonchev–Trinajstić information content (AvgIpc) is 2.65. The van der Waals surface area contributed by atoms with Gasteiger partial charge in [0.2, 0.25) is 0 Å². The smallest absolute Gasteiger partial charge is 0.299 e. The van der Waals surface area contributed by atoms with E-state index in [0.29, 0.717) is 17.7 Å². The SMILES string of the molecule is CCS(=O)(=O)CCCN1C(=O)C(=O)c2cccc(C)c21. The highest BCUT2D eigenvalue weighted by Crippen LogP contribution is 2.32. The summed E-state index contributed by atoms with van der Waals surface area (Å²) in [7, 11) is -3.05. The van der Waals surface area contributed by atoms with Gasteiger partial charge in [-0.1, -0.05) is 19.1 Å². The molecule has 0 saturated carbocycles. The first-order valence-electron chi connectivity index (χ1n) is 6.53. The number of hydrogen-bond acceptors (Lipinski definition) is 4. The number of amides is 1. The molecule has 5 nitrogen and oxygen atoms in total. The number of carbonyl (C=O) groups excluding carboxylic acids is 2. The van der Waals surface area contributed by atoms with Gasteiger partial charge in [-0.3, -0.25) is 9.59 Å². The Morgan fingerprint density at radius 2 is 1.90 bits per heavy atom. The van der Waals surface area contributed by atoms with E-state index in [2.05, 4.69) is 0 Å². The predicted octanol–water partition coefficient (Wildman–Crippen LogP) is 1.35. The minimum absolute atomic E-state index is 0.0304. The van der Waals surface area contributed by atoms with Gasteiger partial charge in [0, 0.05) is 12.3 Å². The highest BCUT2D eigenvalue weighted by atomic mass is 32.2. The van der Waals surface area contributed by atoms with Crippen LogP contribution in [0.25, 0.3) is 0 Å². The number of anilines is 1. The van der Waals surface area contributed by atoms with E-state index in [4.69, 9.17) is 0 Å². The molecule has 0 aromatic heterocycles. The molecular weight excluding hydrogens is 278 g/mol. The second-order valence-corrected chi connectivity index (χ2v) is 7.32. The van der Waals surface area contributed by atoms with Crippen LogP contribution in [-0.2, 0) is 14.6 Å². The van der Waals surface area contributed by atoms with Crippen molar-refractivity contribution in [2.45, 2.75) is 20.3 Å². The zero-order chi connectivity index (χ0) is 14.9. The van der Waals surface area contributed by atoms with Gasteiger partial charge < -0.3 is 4.90 Å². The Kier molecular flexibility index (Phi) is 3.94. The molecule has 0 atom stereocenters. The van der Waals surface area contributed by atoms with Crippen molar-refractivity contribution in [1.82, 2.24) is 0 Å². The molecule has 1 aliphatic heterocycles. The zero-order valence-electron chi connectivity index (χ0n) is 11.5. The van der Waals surface area contributed by atoms with Crippen LogP contribution in [0.4, 0.5) is 5.69 Å². The Labute approximate surface area is 118 Å². The van der Waals surface area contributed by atoms with Crippen LogP contribution < -0.4 is 4.90 Å². The highest BCUT2D eigenvalue weighted by Gasteiger charge is 2.36. The fraction of sp³-hybridized carbons (Fsp3) is 0.429. The predicted molar refractivity (Wildman–Crippen MR) is 76.8 cm³/mol. The van der Waals surface area contributed by atoms with Gasteiger partial charge in [-0.05, 0) is 25.0 Å². The molecule has 6 heteroatoms. The maximum Gasteiger partial charge on any atom is 0.299 e. The molecule has 20 heavy (non-hydrogen) atoms. The van der Waals surface area contributed by atoms with E-state index in [-0.39, 0.29) is 18.1 Å². The summed E-state index contributed by atoms with van der Waals surface area (Å²) in [6.07, 6.45) is 0.336. The molecule has 1 heterocycles. The number of benzene rings is 1. The summed E-state index contributed by atoms with van der Waals surface area (Å²) < 4.78 is 22.9. The fourth-order valence-electron chi connectivity index (χ4n) is 2.34. The van der Waals surface area contributed by atoms with Gasteiger partial charge in [0.1, 0.15) is 9.84 Å². The summed E-state index contributed by atoms with van der Waals surface area (Å²) in [6, 6.07) is 5.20. The van der Waals surface area contributed by atoms with Crippen LogP contribution in [0.15, 0.2) is 18.2 Å². The number of carbonyl (C=O) groups is 2. The van der Waals surface area contributed by atoms with Gasteiger partial charge in [0.15, 0.2) is 0 Å². The van der Waals surface area contributed by atoms with Crippen LogP contribution >= 0.6 is 0 Å². The Hall–Kier alpha value is -1.69. The van der Waals surface area contributed by atoms with Crippen molar-refractivity contribution >= 4 is 27.2 Å². The molecule has 0 radical (unpaired) electrons. The van der Waals surface area contributed by atoms with E-state index in [1.54, 1.807) is 19.1 Å². The minimum atomic E-state index is -3.05. The molecule has 0 unspecified atom stereocenters. The zero-order valence-corrected chi connectivity index (χ0v) is 12.4. The van der Waals surface area contributed by atoms with E-state index >= 15 is 0 Å². The van der Waals surface area contributed by atoms with Crippen molar-refractivity contribution in [2.24, 2.45) is 0 Å². The van der Waals surface area contributed by atoms with Crippen molar-refractivity contribution in [3.05, 3.63) is 29.3 Å². The molecule has 1 aromatic rings. The van der Waals surface area contributed by atoms with Gasteiger partial charge in [-0.15, -0.1) is 0 Å². The van der Waals surface area contributed by atoms with Crippen molar-refractivity contribution in [3.63, 3.8) is 0 Å². The number of nitrogens with zero attached hydrogens (tertiary/aromatic N) is 1. The van der Waals surface area contributed by atoms with Crippen LogP contribution in [0.2, 0.25) is 0 Å². The van der Waals surface area contributed by atoms with Gasteiger partial charge >= 0.3 is 0 Å². The van der Waals surface area contributed by atoms with Crippen molar-refractivity contribution in [3.8, 4) is 0 Å². The molecule has 2 rings (SSSR count). The molecule has 0 spiro atoms. The largest absolute Gasteiger partial charge is 0.304 e. The van der Waals surface area contributed by atoms with Crippen LogP contribution in [0.3, 0.4) is 0 Å². The number of para-hydroxylation sites is 1. The first-order chi connectivity index (χ1) is 9.37. The Morgan fingerprint density at radius 3 is 2.55 bits per heavy atom. The maximum atomic E-state index is 12.0. The lowest BCUT2D eigenvalue weighted by molar-refractivity contribution is -0.114. The summed E-state index contributed by atoms with van der Waals surface area (Å²) in [5.74, 6) is -0.955. The molecule has 0 aliphatic carbocycles. The molecule has 0 bridgehead atoms. The molecule has 0 N–H and O–H groups in total. The third-order valence-electron chi connectivity index (χ3n) is 3.47. The van der Waals surface area contributed by atoms with Crippen LogP contribution in [0.1, 0.15) is 29.3 Å². The second-order valence-electron chi connectivity index (χ2n) is 4.85. The Balaban J connectivity index is 2.18. The Morgan fingerprint density at radius 1 is 1.20 bits per heavy atom. The number of sulfone groups is 1. The quantitative estimate of drug-likeness (QED) is 0.769. The summed E-state index contributed by atoms with van der Waals surface area (Å²) in [5, 5.41) is 0. The highest BCUT2D eigenvalue weighted by molar-refractivity contribution is 7.91. The molecule has 1 amide bonds. The molecular formula is C14H17NO4S. The third-order valence-corrected chi connectivity index (χ3v) is 5.26. The number of Topliss-reactive ketones (excluding diaryl/α,β-unsaturated/α-hetero) is 1. The van der Waals surface area contributed by atoms with E-state index < -0.39 is 21.5 Å². The molecule has 1 aliphatic rings.